The molecule has 2 heterocycles. The maximum Gasteiger partial charge on any atom is 0.210 e. The summed E-state index contributed by atoms with van der Waals surface area (Å²) in [5.41, 5.74) is 7.60. The van der Waals surface area contributed by atoms with Crippen LogP contribution >= 0.6 is 11.6 Å². The van der Waals surface area contributed by atoms with Crippen LogP contribution in [0.3, 0.4) is 0 Å². The van der Waals surface area contributed by atoms with Gasteiger partial charge in [-0.1, -0.05) is 55.8 Å². The first kappa shape index (κ1) is 35.3. The SMILES string of the molecule is CN1/C(=C/C=C2\CCCC(/C=C/C3=[N+](C)c4ccc5cc(S(=O)(=O)[O-])ccc5c4C3(C)C)=C2Cl)C(C)(C)c2c1ccc1cc(S(=O)(=O)[O-])ccc21. The molecule has 4 aromatic rings. The second-order valence-electron chi connectivity index (χ2n) is 14.6. The summed E-state index contributed by atoms with van der Waals surface area (Å²) in [6.07, 6.45) is 11.1. The monoisotopic (exact) mass is 741 g/mol. The average Bonchev–Trinajstić information content (AvgIpc) is 3.38. The first-order valence-corrected chi connectivity index (χ1v) is 19.9. The standard InChI is InChI=1S/C40H39ClN2O6S2/c1-39(2)34(42(5)32-18-10-26-22-28(50(44,45)46)14-16-30(26)36(32)39)20-12-24-8-7-9-25(38(24)41)13-21-35-40(3,4)37-31-17-15-29(51(47,48)49)23-27(31)11-19-33(37)43(35)6/h10-23H,7-9H2,1-6H3,(H-,44,45,46,47,48,49)/p-1. The molecule has 0 saturated heterocycles. The van der Waals surface area contributed by atoms with E-state index >= 15 is 0 Å². The summed E-state index contributed by atoms with van der Waals surface area (Å²) in [6.45, 7) is 8.58. The second-order valence-corrected chi connectivity index (χ2v) is 17.8. The van der Waals surface area contributed by atoms with Gasteiger partial charge in [0.25, 0.3) is 0 Å². The molecule has 7 rings (SSSR count). The molecule has 1 aliphatic carbocycles. The van der Waals surface area contributed by atoms with Crippen LogP contribution in [0.1, 0.15) is 58.1 Å². The quantitative estimate of drug-likeness (QED) is 0.149. The van der Waals surface area contributed by atoms with E-state index in [2.05, 4.69) is 61.5 Å². The smallest absolute Gasteiger partial charge is 0.210 e. The number of hydrogen-bond donors (Lipinski definition) is 0. The lowest BCUT2D eigenvalue weighted by Crippen LogP contribution is -2.27. The van der Waals surface area contributed by atoms with Crippen LogP contribution in [0.15, 0.2) is 117 Å². The predicted octanol–water partition coefficient (Wildman–Crippen LogP) is 8.28. The molecule has 0 unspecified atom stereocenters. The van der Waals surface area contributed by atoms with E-state index in [0.29, 0.717) is 10.8 Å². The van der Waals surface area contributed by atoms with Crippen LogP contribution in [-0.2, 0) is 31.1 Å². The molecule has 0 bridgehead atoms. The fraction of sp³-hybridized carbons (Fsp3) is 0.275. The molecule has 3 aliphatic rings. The molecule has 11 heteroatoms. The Kier molecular flexibility index (Phi) is 8.32. The van der Waals surface area contributed by atoms with E-state index in [1.165, 1.54) is 24.3 Å². The van der Waals surface area contributed by atoms with E-state index in [1.807, 2.05) is 38.4 Å². The summed E-state index contributed by atoms with van der Waals surface area (Å²) < 4.78 is 72.2. The zero-order valence-corrected chi connectivity index (χ0v) is 31.6. The molecule has 0 radical (unpaired) electrons. The number of anilines is 1. The van der Waals surface area contributed by atoms with Crippen LogP contribution in [0.5, 0.6) is 0 Å². The van der Waals surface area contributed by atoms with Gasteiger partial charge < -0.3 is 14.0 Å². The van der Waals surface area contributed by atoms with Gasteiger partial charge in [-0.3, -0.25) is 0 Å². The van der Waals surface area contributed by atoms with Gasteiger partial charge in [-0.2, -0.15) is 4.58 Å². The highest BCUT2D eigenvalue weighted by molar-refractivity contribution is 7.86. The maximum atomic E-state index is 11.7. The molecule has 51 heavy (non-hydrogen) atoms. The molecule has 0 amide bonds. The molecule has 0 aromatic heterocycles. The van der Waals surface area contributed by atoms with Crippen LogP contribution in [0.25, 0.3) is 21.5 Å². The van der Waals surface area contributed by atoms with Crippen molar-refractivity contribution >= 4 is 70.5 Å². The predicted molar refractivity (Wildman–Crippen MR) is 201 cm³/mol. The lowest BCUT2D eigenvalue weighted by Gasteiger charge is -2.25. The van der Waals surface area contributed by atoms with E-state index < -0.39 is 31.1 Å². The molecule has 264 valence electrons. The molecule has 0 spiro atoms. The molecular formula is C40H38ClN2O6S2-. The van der Waals surface area contributed by atoms with Gasteiger partial charge in [0.2, 0.25) is 5.69 Å². The zero-order chi connectivity index (χ0) is 36.8. The Morgan fingerprint density at radius 2 is 1.35 bits per heavy atom. The first-order valence-electron chi connectivity index (χ1n) is 16.7. The van der Waals surface area contributed by atoms with E-state index in [9.17, 15) is 25.9 Å². The van der Waals surface area contributed by atoms with Crippen molar-refractivity contribution in [3.8, 4) is 0 Å². The Bertz CT molecular complexity index is 2590. The summed E-state index contributed by atoms with van der Waals surface area (Å²) in [5.74, 6) is 0. The second kappa shape index (κ2) is 12.0. The van der Waals surface area contributed by atoms with Crippen LogP contribution in [0.4, 0.5) is 11.4 Å². The van der Waals surface area contributed by atoms with Crippen molar-refractivity contribution in [2.24, 2.45) is 0 Å². The molecule has 2 aliphatic heterocycles. The summed E-state index contributed by atoms with van der Waals surface area (Å²) in [4.78, 5) is 1.68. The highest BCUT2D eigenvalue weighted by Crippen LogP contribution is 2.50. The van der Waals surface area contributed by atoms with Gasteiger partial charge in [0.15, 0.2) is 5.71 Å². The van der Waals surface area contributed by atoms with Gasteiger partial charge in [-0.05, 0) is 114 Å². The third-order valence-corrected chi connectivity index (χ3v) is 13.0. The van der Waals surface area contributed by atoms with E-state index in [4.69, 9.17) is 11.6 Å². The summed E-state index contributed by atoms with van der Waals surface area (Å²) in [7, 11) is -5.08. The van der Waals surface area contributed by atoms with Crippen LogP contribution in [0, 0.1) is 0 Å². The average molecular weight is 742 g/mol. The van der Waals surface area contributed by atoms with Gasteiger partial charge >= 0.3 is 0 Å². The number of nitrogens with zero attached hydrogens (tertiary/aromatic N) is 2. The number of rotatable bonds is 5. The van der Waals surface area contributed by atoms with Crippen LogP contribution < -0.4 is 4.90 Å². The number of benzene rings is 4. The van der Waals surface area contributed by atoms with Crippen molar-refractivity contribution in [3.05, 3.63) is 118 Å². The number of hydrogen-bond acceptors (Lipinski definition) is 7. The first-order chi connectivity index (χ1) is 23.8. The minimum Gasteiger partial charge on any atom is -0.744 e. The Hall–Kier alpha value is -4.06. The van der Waals surface area contributed by atoms with Gasteiger partial charge in [-0.25, -0.2) is 16.8 Å². The summed E-state index contributed by atoms with van der Waals surface area (Å²) >= 11 is 7.12. The van der Waals surface area contributed by atoms with Crippen molar-refractivity contribution < 1.29 is 30.5 Å². The fourth-order valence-corrected chi connectivity index (χ4v) is 9.67. The normalized spacial score (nSPS) is 20.5. The van der Waals surface area contributed by atoms with Crippen molar-refractivity contribution in [2.45, 2.75) is 67.6 Å². The van der Waals surface area contributed by atoms with Gasteiger partial charge in [0.05, 0.1) is 15.2 Å². The topological polar surface area (TPSA) is 121 Å². The summed E-state index contributed by atoms with van der Waals surface area (Å²) in [5, 5.41) is 3.95. The molecule has 0 saturated carbocycles. The van der Waals surface area contributed by atoms with Crippen molar-refractivity contribution in [1.82, 2.24) is 0 Å². The Morgan fingerprint density at radius 3 is 1.96 bits per heavy atom. The number of halogens is 1. The lowest BCUT2D eigenvalue weighted by molar-refractivity contribution is -0.401. The van der Waals surface area contributed by atoms with Crippen LogP contribution in [-0.4, -0.2) is 50.3 Å². The largest absolute Gasteiger partial charge is 0.744 e. The third kappa shape index (κ3) is 5.77. The van der Waals surface area contributed by atoms with E-state index in [1.54, 1.807) is 12.1 Å². The minimum atomic E-state index is -4.56. The Morgan fingerprint density at radius 1 is 0.765 bits per heavy atom. The van der Waals surface area contributed by atoms with Crippen molar-refractivity contribution in [2.75, 3.05) is 19.0 Å². The lowest BCUT2D eigenvalue weighted by atomic mass is 9.78. The molecule has 0 fully saturated rings. The van der Waals surface area contributed by atoms with Crippen LogP contribution in [0.2, 0.25) is 0 Å². The molecule has 0 N–H and O–H groups in total. The maximum absolute atomic E-state index is 11.7. The number of likely N-dealkylation sites (N-methyl/N-ethyl adjacent to an activating group) is 1. The fourth-order valence-electron chi connectivity index (χ4n) is 8.34. The summed E-state index contributed by atoms with van der Waals surface area (Å²) in [6, 6.07) is 16.8. The van der Waals surface area contributed by atoms with Gasteiger partial charge in [0, 0.05) is 46.6 Å². The van der Waals surface area contributed by atoms with E-state index in [0.717, 1.165) is 80.1 Å². The molecule has 8 nitrogen and oxygen atoms in total. The van der Waals surface area contributed by atoms with Gasteiger partial charge in [0.1, 0.15) is 27.3 Å². The molecule has 0 atom stereocenters. The highest BCUT2D eigenvalue weighted by atomic mass is 35.5. The van der Waals surface area contributed by atoms with Crippen molar-refractivity contribution in [3.63, 3.8) is 0 Å². The minimum absolute atomic E-state index is 0.238. The number of allylic oxidation sites excluding steroid dienone is 8. The van der Waals surface area contributed by atoms with Crippen molar-refractivity contribution in [1.29, 1.82) is 0 Å². The zero-order valence-electron chi connectivity index (χ0n) is 29.2. The third-order valence-electron chi connectivity index (χ3n) is 10.8. The van der Waals surface area contributed by atoms with Gasteiger partial charge in [-0.15, -0.1) is 0 Å². The number of fused-ring (bicyclic) bond motifs is 6. The molecular weight excluding hydrogens is 704 g/mol. The van der Waals surface area contributed by atoms with E-state index in [-0.39, 0.29) is 9.79 Å². The Balaban J connectivity index is 1.21. The molecule has 4 aromatic carbocycles. The highest BCUT2D eigenvalue weighted by Gasteiger charge is 2.44. The Labute approximate surface area is 304 Å².